The van der Waals surface area contributed by atoms with Crippen molar-refractivity contribution in [2.45, 2.75) is 46.6 Å². The zero-order chi connectivity index (χ0) is 21.7. The van der Waals surface area contributed by atoms with E-state index in [1.165, 1.54) is 4.57 Å². The third kappa shape index (κ3) is 4.87. The number of amides is 1. The summed E-state index contributed by atoms with van der Waals surface area (Å²) < 4.78 is 6.41. The molecule has 1 N–H and O–H groups in total. The van der Waals surface area contributed by atoms with E-state index in [9.17, 15) is 14.4 Å². The highest BCUT2D eigenvalue weighted by molar-refractivity contribution is 5.93. The molecule has 0 atom stereocenters. The van der Waals surface area contributed by atoms with Crippen molar-refractivity contribution in [3.05, 3.63) is 51.4 Å². The highest BCUT2D eigenvalue weighted by Gasteiger charge is 2.21. The summed E-state index contributed by atoms with van der Waals surface area (Å²) in [5.41, 5.74) is 1.99. The summed E-state index contributed by atoms with van der Waals surface area (Å²) >= 11 is 0. The number of hydrogen-bond donors (Lipinski definition) is 1. The number of ether oxygens (including phenoxy) is 1. The minimum Gasteiger partial charge on any atom is -0.462 e. The van der Waals surface area contributed by atoms with E-state index >= 15 is 0 Å². The lowest BCUT2D eigenvalue weighted by atomic mass is 10.1. The van der Waals surface area contributed by atoms with E-state index in [0.29, 0.717) is 35.1 Å². The van der Waals surface area contributed by atoms with E-state index in [1.807, 2.05) is 6.92 Å². The number of nitrogens with one attached hydrogen (secondary N) is 1. The molecule has 1 aliphatic rings. The third-order valence-electron chi connectivity index (χ3n) is 5.24. The molecule has 0 spiro atoms. The fourth-order valence-corrected chi connectivity index (χ4v) is 3.47. The number of hydrogen-bond acceptors (Lipinski definition) is 6. The van der Waals surface area contributed by atoms with Crippen molar-refractivity contribution >= 4 is 23.5 Å². The van der Waals surface area contributed by atoms with Crippen LogP contribution in [0.4, 0.5) is 11.6 Å². The van der Waals surface area contributed by atoms with Gasteiger partial charge >= 0.3 is 5.97 Å². The molecule has 0 bridgehead atoms. The van der Waals surface area contributed by atoms with Crippen LogP contribution in [0.15, 0.2) is 29.1 Å². The quantitative estimate of drug-likeness (QED) is 0.733. The number of carbonyl (C=O) groups is 2. The highest BCUT2D eigenvalue weighted by Crippen LogP contribution is 2.18. The maximum Gasteiger partial charge on any atom is 0.338 e. The summed E-state index contributed by atoms with van der Waals surface area (Å²) in [5.74, 6) is -0.186. The first kappa shape index (κ1) is 21.5. The lowest BCUT2D eigenvalue weighted by molar-refractivity contribution is -0.116. The lowest BCUT2D eigenvalue weighted by Gasteiger charge is -2.30. The summed E-state index contributed by atoms with van der Waals surface area (Å²) in [6, 6.07) is 6.46. The molecule has 0 aliphatic carbocycles. The van der Waals surface area contributed by atoms with Gasteiger partial charge in [-0.1, -0.05) is 0 Å². The number of anilines is 2. The molecule has 3 rings (SSSR count). The van der Waals surface area contributed by atoms with Gasteiger partial charge < -0.3 is 15.0 Å². The van der Waals surface area contributed by atoms with Gasteiger partial charge in [-0.05, 0) is 64.3 Å². The Morgan fingerprint density at radius 3 is 2.40 bits per heavy atom. The number of esters is 1. The Labute approximate surface area is 175 Å². The van der Waals surface area contributed by atoms with Crippen molar-refractivity contribution in [1.29, 1.82) is 0 Å². The third-order valence-corrected chi connectivity index (χ3v) is 5.24. The number of rotatable bonds is 6. The monoisotopic (exact) mass is 412 g/mol. The maximum absolute atomic E-state index is 12.9. The van der Waals surface area contributed by atoms with Crippen molar-refractivity contribution in [2.75, 3.05) is 29.9 Å². The molecule has 8 nitrogen and oxygen atoms in total. The molecule has 1 amide bonds. The zero-order valence-corrected chi connectivity index (χ0v) is 17.7. The Balaban J connectivity index is 1.78. The number of nitrogens with zero attached hydrogens (tertiary/aromatic N) is 3. The molecule has 0 radical (unpaired) electrons. The molecule has 30 heavy (non-hydrogen) atoms. The summed E-state index contributed by atoms with van der Waals surface area (Å²) in [6.07, 6.45) is 3.25. The predicted octanol–water partition coefficient (Wildman–Crippen LogP) is 2.67. The molecule has 1 fully saturated rings. The van der Waals surface area contributed by atoms with Gasteiger partial charge in [0.15, 0.2) is 0 Å². The second-order valence-electron chi connectivity index (χ2n) is 7.41. The van der Waals surface area contributed by atoms with Crippen LogP contribution in [0.1, 0.15) is 47.8 Å². The number of aryl methyl sites for hydroxylation is 1. The van der Waals surface area contributed by atoms with Crippen molar-refractivity contribution in [3.63, 3.8) is 0 Å². The van der Waals surface area contributed by atoms with Crippen LogP contribution in [0.5, 0.6) is 0 Å². The topological polar surface area (TPSA) is 93.5 Å². The van der Waals surface area contributed by atoms with Crippen LogP contribution in [-0.2, 0) is 16.1 Å². The van der Waals surface area contributed by atoms with Crippen LogP contribution < -0.4 is 15.8 Å². The first-order valence-electron chi connectivity index (χ1n) is 10.3. The summed E-state index contributed by atoms with van der Waals surface area (Å²) in [7, 11) is 0. The molecule has 8 heteroatoms. The van der Waals surface area contributed by atoms with Gasteiger partial charge in [-0.25, -0.2) is 9.78 Å². The number of carbonyl (C=O) groups excluding carboxylic acids is 2. The van der Waals surface area contributed by atoms with Gasteiger partial charge in [-0.15, -0.1) is 0 Å². The van der Waals surface area contributed by atoms with E-state index in [4.69, 9.17) is 4.74 Å². The lowest BCUT2D eigenvalue weighted by Crippen LogP contribution is -2.39. The molecule has 2 heterocycles. The van der Waals surface area contributed by atoms with Gasteiger partial charge in [0.05, 0.1) is 12.2 Å². The van der Waals surface area contributed by atoms with Crippen molar-refractivity contribution in [1.82, 2.24) is 9.55 Å². The number of piperidine rings is 1. The molecular formula is C22H28N4O4. The van der Waals surface area contributed by atoms with Gasteiger partial charge in [-0.3, -0.25) is 14.2 Å². The number of benzene rings is 1. The van der Waals surface area contributed by atoms with Crippen molar-refractivity contribution in [2.24, 2.45) is 0 Å². The maximum atomic E-state index is 12.9. The molecule has 1 saturated heterocycles. The Hall–Kier alpha value is -3.16. The Morgan fingerprint density at radius 2 is 1.77 bits per heavy atom. The molecule has 1 aliphatic heterocycles. The molecule has 0 unspecified atom stereocenters. The van der Waals surface area contributed by atoms with Crippen molar-refractivity contribution in [3.8, 4) is 0 Å². The van der Waals surface area contributed by atoms with Crippen LogP contribution in [0.3, 0.4) is 0 Å². The smallest absolute Gasteiger partial charge is 0.338 e. The van der Waals surface area contributed by atoms with Crippen LogP contribution in [0.25, 0.3) is 0 Å². The minimum absolute atomic E-state index is 0.127. The SMILES string of the molecule is CCOC(=O)c1ccc(NC(=O)Cn2c(N3CCCCC3)nc(C)c(C)c2=O)cc1. The van der Waals surface area contributed by atoms with Crippen LogP contribution >= 0.6 is 0 Å². The highest BCUT2D eigenvalue weighted by atomic mass is 16.5. The van der Waals surface area contributed by atoms with Crippen LogP contribution in [-0.4, -0.2) is 41.1 Å². The van der Waals surface area contributed by atoms with E-state index in [-0.39, 0.29) is 18.0 Å². The molecule has 2 aromatic rings. The largest absolute Gasteiger partial charge is 0.462 e. The zero-order valence-electron chi connectivity index (χ0n) is 17.7. The normalized spacial score (nSPS) is 13.8. The standard InChI is InChI=1S/C22H28N4O4/c1-4-30-21(29)17-8-10-18(11-9-17)24-19(27)14-26-20(28)15(2)16(3)23-22(26)25-12-6-5-7-13-25/h8-11H,4-7,12-14H2,1-3H3,(H,24,27). The molecule has 160 valence electrons. The van der Waals surface area contributed by atoms with E-state index in [2.05, 4.69) is 15.2 Å². The summed E-state index contributed by atoms with van der Waals surface area (Å²) in [6.45, 7) is 7.12. The van der Waals surface area contributed by atoms with Crippen LogP contribution in [0, 0.1) is 13.8 Å². The Bertz CT molecular complexity index is 976. The molecule has 1 aromatic heterocycles. The van der Waals surface area contributed by atoms with Crippen LogP contribution in [0.2, 0.25) is 0 Å². The molecule has 0 saturated carbocycles. The predicted molar refractivity (Wildman–Crippen MR) is 115 cm³/mol. The second-order valence-corrected chi connectivity index (χ2v) is 7.41. The first-order valence-corrected chi connectivity index (χ1v) is 10.3. The Morgan fingerprint density at radius 1 is 1.10 bits per heavy atom. The summed E-state index contributed by atoms with van der Waals surface area (Å²) in [5, 5.41) is 2.78. The molecular weight excluding hydrogens is 384 g/mol. The van der Waals surface area contributed by atoms with E-state index in [0.717, 1.165) is 32.4 Å². The average Bonchev–Trinajstić information content (AvgIpc) is 2.75. The minimum atomic E-state index is -0.408. The fourth-order valence-electron chi connectivity index (χ4n) is 3.47. The number of aromatic nitrogens is 2. The Kier molecular flexibility index (Phi) is 6.87. The first-order chi connectivity index (χ1) is 14.4. The van der Waals surface area contributed by atoms with E-state index < -0.39 is 5.97 Å². The van der Waals surface area contributed by atoms with Gasteiger partial charge in [0.25, 0.3) is 5.56 Å². The second kappa shape index (κ2) is 9.56. The fraction of sp³-hybridized carbons (Fsp3) is 0.455. The average molecular weight is 412 g/mol. The van der Waals surface area contributed by atoms with Crippen molar-refractivity contribution < 1.29 is 14.3 Å². The van der Waals surface area contributed by atoms with Gasteiger partial charge in [0.2, 0.25) is 11.9 Å². The summed E-state index contributed by atoms with van der Waals surface area (Å²) in [4.78, 5) is 44.0. The molecule has 1 aromatic carbocycles. The van der Waals surface area contributed by atoms with E-state index in [1.54, 1.807) is 38.1 Å². The van der Waals surface area contributed by atoms with Gasteiger partial charge in [-0.2, -0.15) is 0 Å². The van der Waals surface area contributed by atoms with Gasteiger partial charge in [0.1, 0.15) is 6.54 Å². The van der Waals surface area contributed by atoms with Gasteiger partial charge in [0, 0.05) is 30.0 Å².